The molecule has 0 bridgehead atoms. The van der Waals surface area contributed by atoms with Gasteiger partial charge in [0.25, 0.3) is 11.6 Å². The molecule has 160 valence electrons. The Hall–Kier alpha value is -1.81. The summed E-state index contributed by atoms with van der Waals surface area (Å²) in [5, 5.41) is 14.6. The van der Waals surface area contributed by atoms with Gasteiger partial charge in [0.1, 0.15) is 5.75 Å². The third-order valence-electron chi connectivity index (χ3n) is 4.37. The highest BCUT2D eigenvalue weighted by molar-refractivity contribution is 9.10. The number of hydrogen-bond acceptors (Lipinski definition) is 4. The van der Waals surface area contributed by atoms with Crippen molar-refractivity contribution in [1.82, 2.24) is 5.01 Å². The second-order valence-electron chi connectivity index (χ2n) is 6.53. The minimum atomic E-state index is -5.15. The number of benzene rings is 2. The number of alkyl halides is 3. The minimum absolute atomic E-state index is 0.0267. The number of ether oxygens (including phenoxy) is 1. The van der Waals surface area contributed by atoms with Crippen LogP contribution in [-0.4, -0.2) is 39.7 Å². The highest BCUT2D eigenvalue weighted by Crippen LogP contribution is 2.42. The van der Waals surface area contributed by atoms with E-state index in [0.29, 0.717) is 15.1 Å². The average Bonchev–Trinajstić information content (AvgIpc) is 3.02. The van der Waals surface area contributed by atoms with Crippen LogP contribution in [-0.2, 0) is 4.79 Å². The second-order valence-corrected chi connectivity index (χ2v) is 8.29. The summed E-state index contributed by atoms with van der Waals surface area (Å²) in [4.78, 5) is 12.8. The first-order chi connectivity index (χ1) is 13.9. The Labute approximate surface area is 188 Å². The predicted molar refractivity (Wildman–Crippen MR) is 110 cm³/mol. The second kappa shape index (κ2) is 8.37. The van der Waals surface area contributed by atoms with Gasteiger partial charge in [0.05, 0.1) is 17.2 Å². The zero-order valence-electron chi connectivity index (χ0n) is 15.3. The number of aliphatic hydroxyl groups is 1. The van der Waals surface area contributed by atoms with Crippen molar-refractivity contribution in [3.63, 3.8) is 0 Å². The van der Waals surface area contributed by atoms with Crippen molar-refractivity contribution in [1.29, 1.82) is 0 Å². The Morgan fingerprint density at radius 2 is 1.90 bits per heavy atom. The summed E-state index contributed by atoms with van der Waals surface area (Å²) in [5.74, 6) is -1.14. The zero-order chi connectivity index (χ0) is 22.3. The lowest BCUT2D eigenvalue weighted by Gasteiger charge is -2.33. The summed E-state index contributed by atoms with van der Waals surface area (Å²) in [6.45, 7) is 1.23. The van der Waals surface area contributed by atoms with E-state index in [2.05, 4.69) is 21.0 Å². The largest absolute Gasteiger partial charge is 0.479 e. The van der Waals surface area contributed by atoms with Crippen molar-refractivity contribution in [2.45, 2.75) is 31.3 Å². The number of carbonyl (C=O) groups is 1. The van der Waals surface area contributed by atoms with Gasteiger partial charge in [0.2, 0.25) is 0 Å². The fraction of sp³-hybridized carbons (Fsp3) is 0.263. The van der Waals surface area contributed by atoms with E-state index in [0.717, 1.165) is 0 Å². The lowest BCUT2D eigenvalue weighted by Crippen LogP contribution is -2.58. The van der Waals surface area contributed by atoms with Crippen LogP contribution >= 0.6 is 39.1 Å². The quantitative estimate of drug-likeness (QED) is 0.580. The van der Waals surface area contributed by atoms with Crippen LogP contribution in [0.2, 0.25) is 10.0 Å². The number of hydrogen-bond donors (Lipinski definition) is 1. The summed E-state index contributed by atoms with van der Waals surface area (Å²) >= 11 is 15.0. The van der Waals surface area contributed by atoms with Crippen LogP contribution in [0.5, 0.6) is 5.75 Å². The van der Waals surface area contributed by atoms with Gasteiger partial charge in [-0.05, 0) is 42.8 Å². The van der Waals surface area contributed by atoms with E-state index >= 15 is 0 Å². The summed E-state index contributed by atoms with van der Waals surface area (Å²) in [7, 11) is 0. The Morgan fingerprint density at radius 1 is 1.27 bits per heavy atom. The molecule has 3 rings (SSSR count). The Balaban J connectivity index is 1.92. The molecule has 2 atom stereocenters. The van der Waals surface area contributed by atoms with Crippen molar-refractivity contribution in [3.05, 3.63) is 62.5 Å². The van der Waals surface area contributed by atoms with Gasteiger partial charge in [-0.15, -0.1) is 0 Å². The molecule has 0 aliphatic carbocycles. The van der Waals surface area contributed by atoms with E-state index in [1.807, 2.05) is 0 Å². The van der Waals surface area contributed by atoms with Crippen molar-refractivity contribution < 1.29 is 27.8 Å². The molecule has 2 aromatic carbocycles. The Morgan fingerprint density at radius 3 is 2.47 bits per heavy atom. The van der Waals surface area contributed by atoms with E-state index < -0.39 is 30.3 Å². The standard InChI is InChI=1S/C19H14BrCl2F3N2O3/c1-10(30-16-7-6-13(21)8-14(16)22)17(28)27-18(29,19(23,24)25)9-15(26-27)11-2-4-12(20)5-3-11/h2-8,10,29H,9H2,1H3/t10-,18+/m1/s1. The van der Waals surface area contributed by atoms with E-state index in [-0.39, 0.29) is 21.5 Å². The molecular weight excluding hydrogens is 512 g/mol. The highest BCUT2D eigenvalue weighted by atomic mass is 79.9. The van der Waals surface area contributed by atoms with Crippen molar-refractivity contribution in [3.8, 4) is 5.75 Å². The molecule has 0 aromatic heterocycles. The third-order valence-corrected chi connectivity index (χ3v) is 5.43. The Bertz CT molecular complexity index is 1000. The van der Waals surface area contributed by atoms with Crippen molar-refractivity contribution in [2.75, 3.05) is 0 Å². The molecule has 0 saturated carbocycles. The maximum absolute atomic E-state index is 13.7. The molecule has 0 saturated heterocycles. The fourth-order valence-electron chi connectivity index (χ4n) is 2.78. The molecule has 1 amide bonds. The molecule has 5 nitrogen and oxygen atoms in total. The van der Waals surface area contributed by atoms with E-state index in [4.69, 9.17) is 27.9 Å². The van der Waals surface area contributed by atoms with Gasteiger partial charge < -0.3 is 9.84 Å². The number of rotatable bonds is 4. The fourth-order valence-corrected chi connectivity index (χ4v) is 3.50. The Kier molecular flexibility index (Phi) is 6.38. The van der Waals surface area contributed by atoms with Crippen LogP contribution in [0.4, 0.5) is 13.2 Å². The van der Waals surface area contributed by atoms with Crippen LogP contribution < -0.4 is 4.74 Å². The lowest BCUT2D eigenvalue weighted by atomic mass is 10.0. The number of carbonyl (C=O) groups excluding carboxylic acids is 1. The summed E-state index contributed by atoms with van der Waals surface area (Å²) in [5.41, 5.74) is -3.26. The maximum atomic E-state index is 13.7. The first kappa shape index (κ1) is 22.9. The summed E-state index contributed by atoms with van der Waals surface area (Å²) < 4.78 is 47.2. The van der Waals surface area contributed by atoms with E-state index in [1.165, 1.54) is 37.3 Å². The zero-order valence-corrected chi connectivity index (χ0v) is 18.3. The molecule has 11 heteroatoms. The molecule has 2 aromatic rings. The monoisotopic (exact) mass is 524 g/mol. The van der Waals surface area contributed by atoms with Crippen molar-refractivity contribution >= 4 is 50.8 Å². The maximum Gasteiger partial charge on any atom is 0.438 e. The first-order valence-corrected chi connectivity index (χ1v) is 10.1. The summed E-state index contributed by atoms with van der Waals surface area (Å²) in [6.07, 6.45) is -7.50. The van der Waals surface area contributed by atoms with Gasteiger partial charge in [0.15, 0.2) is 6.10 Å². The van der Waals surface area contributed by atoms with Crippen LogP contribution in [0, 0.1) is 0 Å². The van der Waals surface area contributed by atoms with Gasteiger partial charge >= 0.3 is 6.18 Å². The van der Waals surface area contributed by atoms with Crippen LogP contribution in [0.1, 0.15) is 18.9 Å². The normalized spacial score (nSPS) is 20.1. The molecule has 0 spiro atoms. The molecular formula is C19H14BrCl2F3N2O3. The van der Waals surface area contributed by atoms with Crippen molar-refractivity contribution in [2.24, 2.45) is 5.10 Å². The summed E-state index contributed by atoms with van der Waals surface area (Å²) in [6, 6.07) is 10.5. The smallest absolute Gasteiger partial charge is 0.438 e. The van der Waals surface area contributed by atoms with Crippen LogP contribution in [0.25, 0.3) is 0 Å². The third kappa shape index (κ3) is 4.44. The predicted octanol–water partition coefficient (Wildman–Crippen LogP) is 5.41. The number of hydrazone groups is 1. The van der Waals surface area contributed by atoms with E-state index in [9.17, 15) is 23.1 Å². The molecule has 1 aliphatic rings. The molecule has 30 heavy (non-hydrogen) atoms. The minimum Gasteiger partial charge on any atom is -0.479 e. The average molecular weight is 526 g/mol. The van der Waals surface area contributed by atoms with E-state index in [1.54, 1.807) is 12.1 Å². The molecule has 0 fully saturated rings. The van der Waals surface area contributed by atoms with Gasteiger partial charge in [-0.25, -0.2) is 0 Å². The molecule has 1 N–H and O–H groups in total. The topological polar surface area (TPSA) is 62.1 Å². The van der Waals surface area contributed by atoms with Gasteiger partial charge in [-0.1, -0.05) is 51.3 Å². The lowest BCUT2D eigenvalue weighted by molar-refractivity contribution is -0.303. The van der Waals surface area contributed by atoms with Crippen LogP contribution in [0.3, 0.4) is 0 Å². The van der Waals surface area contributed by atoms with Crippen LogP contribution in [0.15, 0.2) is 52.0 Å². The van der Waals surface area contributed by atoms with Gasteiger partial charge in [0, 0.05) is 9.50 Å². The highest BCUT2D eigenvalue weighted by Gasteiger charge is 2.63. The van der Waals surface area contributed by atoms with Gasteiger partial charge in [-0.2, -0.15) is 23.3 Å². The SMILES string of the molecule is C[C@@H](Oc1ccc(Cl)cc1Cl)C(=O)N1N=C(c2ccc(Br)cc2)C[C@]1(O)C(F)(F)F. The molecule has 0 unspecified atom stereocenters. The molecule has 1 heterocycles. The first-order valence-electron chi connectivity index (χ1n) is 8.50. The molecule has 0 radical (unpaired) electrons. The number of nitrogens with zero attached hydrogens (tertiary/aromatic N) is 2. The number of halogens is 6. The molecule has 1 aliphatic heterocycles. The van der Waals surface area contributed by atoms with Gasteiger partial charge in [-0.3, -0.25) is 4.79 Å². The number of amides is 1.